The number of halogens is 1. The summed E-state index contributed by atoms with van der Waals surface area (Å²) in [5.41, 5.74) is 7.03. The van der Waals surface area contributed by atoms with Crippen LogP contribution in [0.5, 0.6) is 0 Å². The highest BCUT2D eigenvalue weighted by Crippen LogP contribution is 2.31. The average Bonchev–Trinajstić information content (AvgIpc) is 2.65. The van der Waals surface area contributed by atoms with E-state index in [2.05, 4.69) is 10.2 Å². The molecule has 2 rings (SSSR count). The summed E-state index contributed by atoms with van der Waals surface area (Å²) in [6, 6.07) is 4.45. The van der Waals surface area contributed by atoms with E-state index in [1.54, 1.807) is 6.07 Å². The summed E-state index contributed by atoms with van der Waals surface area (Å²) in [6.45, 7) is 0. The van der Waals surface area contributed by atoms with Gasteiger partial charge in [0.25, 0.3) is 5.69 Å². The molecule has 0 aliphatic carbocycles. The number of rotatable bonds is 2. The molecule has 0 aliphatic heterocycles. The molecule has 0 saturated heterocycles. The zero-order valence-corrected chi connectivity index (χ0v) is 8.73. The van der Waals surface area contributed by atoms with Gasteiger partial charge in [-0.1, -0.05) is 17.7 Å². The third-order valence-corrected chi connectivity index (χ3v) is 2.42. The quantitative estimate of drug-likeness (QED) is 0.619. The predicted molar refractivity (Wildman–Crippen MR) is 60.1 cm³/mol. The Kier molecular flexibility index (Phi) is 2.49. The molecule has 0 fully saturated rings. The molecule has 0 unspecified atom stereocenters. The van der Waals surface area contributed by atoms with Gasteiger partial charge in [0.2, 0.25) is 0 Å². The minimum atomic E-state index is -0.543. The fraction of sp³-hybridized carbons (Fsp3) is 0. The molecule has 0 saturated carbocycles. The number of anilines is 1. The Hall–Kier alpha value is -2.08. The Morgan fingerprint density at radius 3 is 2.81 bits per heavy atom. The van der Waals surface area contributed by atoms with Gasteiger partial charge in [0.15, 0.2) is 0 Å². The molecule has 1 aromatic carbocycles. The Bertz CT molecular complexity index is 552. The lowest BCUT2D eigenvalue weighted by Crippen LogP contribution is -1.91. The molecule has 2 aromatic rings. The van der Waals surface area contributed by atoms with Crippen LogP contribution in [0.1, 0.15) is 0 Å². The van der Waals surface area contributed by atoms with Crippen molar-refractivity contribution in [2.24, 2.45) is 0 Å². The van der Waals surface area contributed by atoms with Crippen LogP contribution in [0, 0.1) is 10.1 Å². The number of nitrogens with one attached hydrogen (secondary N) is 1. The summed E-state index contributed by atoms with van der Waals surface area (Å²) in [5.74, 6) is 0. The highest BCUT2D eigenvalue weighted by Gasteiger charge is 2.15. The monoisotopic (exact) mass is 238 g/mol. The number of nitro benzene ring substituents is 1. The number of nitrogens with zero attached hydrogens (tertiary/aromatic N) is 2. The summed E-state index contributed by atoms with van der Waals surface area (Å²) in [6.07, 6.45) is 1.44. The van der Waals surface area contributed by atoms with Gasteiger partial charge in [-0.3, -0.25) is 15.2 Å². The minimum Gasteiger partial charge on any atom is -0.396 e. The van der Waals surface area contributed by atoms with E-state index >= 15 is 0 Å². The van der Waals surface area contributed by atoms with E-state index in [4.69, 9.17) is 17.3 Å². The summed E-state index contributed by atoms with van der Waals surface area (Å²) in [7, 11) is 0. The maximum absolute atomic E-state index is 10.7. The van der Waals surface area contributed by atoms with E-state index in [1.807, 2.05) is 0 Å². The smallest absolute Gasteiger partial charge is 0.288 e. The van der Waals surface area contributed by atoms with Gasteiger partial charge in [-0.2, -0.15) is 5.10 Å². The van der Waals surface area contributed by atoms with Crippen LogP contribution in [0.15, 0.2) is 24.4 Å². The molecule has 16 heavy (non-hydrogen) atoms. The normalized spacial score (nSPS) is 10.3. The first-order valence-corrected chi connectivity index (χ1v) is 4.70. The molecular formula is C9H7ClN4O2. The van der Waals surface area contributed by atoms with Crippen molar-refractivity contribution < 1.29 is 4.92 Å². The topological polar surface area (TPSA) is 97.8 Å². The van der Waals surface area contributed by atoms with Crippen LogP contribution in [0.4, 0.5) is 11.4 Å². The van der Waals surface area contributed by atoms with Crippen molar-refractivity contribution in [3.63, 3.8) is 0 Å². The molecular weight excluding hydrogens is 232 g/mol. The van der Waals surface area contributed by atoms with Gasteiger partial charge in [0.1, 0.15) is 5.02 Å². The van der Waals surface area contributed by atoms with E-state index in [0.29, 0.717) is 16.9 Å². The number of aromatic amines is 1. The van der Waals surface area contributed by atoms with Crippen LogP contribution >= 0.6 is 11.6 Å². The lowest BCUT2D eigenvalue weighted by molar-refractivity contribution is -0.384. The third kappa shape index (κ3) is 1.70. The van der Waals surface area contributed by atoms with Crippen LogP contribution in [0.25, 0.3) is 11.3 Å². The van der Waals surface area contributed by atoms with E-state index in [1.165, 1.54) is 18.3 Å². The van der Waals surface area contributed by atoms with Crippen molar-refractivity contribution in [2.75, 3.05) is 5.73 Å². The summed E-state index contributed by atoms with van der Waals surface area (Å²) < 4.78 is 0. The van der Waals surface area contributed by atoms with Crippen LogP contribution < -0.4 is 5.73 Å². The van der Waals surface area contributed by atoms with Gasteiger partial charge >= 0.3 is 0 Å². The molecule has 0 atom stereocenters. The van der Waals surface area contributed by atoms with Crippen LogP contribution in [-0.4, -0.2) is 15.1 Å². The number of nitro groups is 1. The third-order valence-electron chi connectivity index (χ3n) is 2.10. The fourth-order valence-corrected chi connectivity index (χ4v) is 1.52. The lowest BCUT2D eigenvalue weighted by Gasteiger charge is -2.00. The number of hydrogen-bond acceptors (Lipinski definition) is 4. The number of aromatic nitrogens is 2. The van der Waals surface area contributed by atoms with Gasteiger partial charge in [-0.25, -0.2) is 0 Å². The molecule has 0 aliphatic rings. The zero-order chi connectivity index (χ0) is 11.7. The van der Waals surface area contributed by atoms with Crippen molar-refractivity contribution in [2.45, 2.75) is 0 Å². The van der Waals surface area contributed by atoms with Crippen LogP contribution in [0.2, 0.25) is 5.02 Å². The van der Waals surface area contributed by atoms with Gasteiger partial charge in [0, 0.05) is 11.6 Å². The highest BCUT2D eigenvalue weighted by atomic mass is 35.5. The molecule has 1 heterocycles. The van der Waals surface area contributed by atoms with Crippen molar-refractivity contribution in [1.29, 1.82) is 0 Å². The van der Waals surface area contributed by atoms with Gasteiger partial charge in [-0.05, 0) is 6.07 Å². The first-order valence-electron chi connectivity index (χ1n) is 4.32. The first-order chi connectivity index (χ1) is 7.59. The molecule has 0 spiro atoms. The van der Waals surface area contributed by atoms with E-state index in [-0.39, 0.29) is 10.7 Å². The van der Waals surface area contributed by atoms with Gasteiger partial charge in [-0.15, -0.1) is 0 Å². The minimum absolute atomic E-state index is 0.0897. The molecule has 82 valence electrons. The highest BCUT2D eigenvalue weighted by molar-refractivity contribution is 6.32. The summed E-state index contributed by atoms with van der Waals surface area (Å²) in [4.78, 5) is 10.1. The van der Waals surface area contributed by atoms with Gasteiger partial charge in [0.05, 0.1) is 22.5 Å². The molecule has 0 radical (unpaired) electrons. The average molecular weight is 239 g/mol. The van der Waals surface area contributed by atoms with E-state index < -0.39 is 4.92 Å². The molecule has 6 nitrogen and oxygen atoms in total. The Morgan fingerprint density at radius 2 is 2.25 bits per heavy atom. The second-order valence-electron chi connectivity index (χ2n) is 3.12. The number of nitrogens with two attached hydrogens (primary N) is 1. The largest absolute Gasteiger partial charge is 0.396 e. The Morgan fingerprint density at radius 1 is 1.50 bits per heavy atom. The van der Waals surface area contributed by atoms with Crippen LogP contribution in [0.3, 0.4) is 0 Å². The van der Waals surface area contributed by atoms with Gasteiger partial charge < -0.3 is 5.73 Å². The van der Waals surface area contributed by atoms with Crippen molar-refractivity contribution in [3.8, 4) is 11.3 Å². The fourth-order valence-electron chi connectivity index (χ4n) is 1.33. The lowest BCUT2D eigenvalue weighted by atomic mass is 10.1. The Balaban J connectivity index is 2.56. The van der Waals surface area contributed by atoms with Crippen molar-refractivity contribution in [3.05, 3.63) is 39.5 Å². The van der Waals surface area contributed by atoms with E-state index in [0.717, 1.165) is 0 Å². The number of hydrogen-bond donors (Lipinski definition) is 2. The molecule has 3 N–H and O–H groups in total. The predicted octanol–water partition coefficient (Wildman–Crippen LogP) is 2.22. The van der Waals surface area contributed by atoms with E-state index in [9.17, 15) is 10.1 Å². The van der Waals surface area contributed by atoms with Crippen molar-refractivity contribution in [1.82, 2.24) is 10.2 Å². The second kappa shape index (κ2) is 3.82. The first kappa shape index (κ1) is 10.4. The molecule has 1 aromatic heterocycles. The van der Waals surface area contributed by atoms with Crippen LogP contribution in [-0.2, 0) is 0 Å². The molecule has 0 bridgehead atoms. The SMILES string of the molecule is Nc1cn[nH]c1-c1ccc(Cl)c([N+](=O)[O-])c1. The second-order valence-corrected chi connectivity index (χ2v) is 3.53. The maximum atomic E-state index is 10.7. The molecule has 7 heteroatoms. The summed E-state index contributed by atoms with van der Waals surface area (Å²) >= 11 is 5.69. The van der Waals surface area contributed by atoms with Crippen molar-refractivity contribution >= 4 is 23.0 Å². The maximum Gasteiger partial charge on any atom is 0.288 e. The Labute approximate surface area is 95.2 Å². The number of H-pyrrole nitrogens is 1. The number of benzene rings is 1. The zero-order valence-electron chi connectivity index (χ0n) is 7.98. The number of nitrogen functional groups attached to an aromatic ring is 1. The standard InChI is InChI=1S/C9H7ClN4O2/c10-6-2-1-5(3-8(6)14(15)16)9-7(11)4-12-13-9/h1-4H,11H2,(H,12,13). The molecule has 0 amide bonds. The summed E-state index contributed by atoms with van der Waals surface area (Å²) in [5, 5.41) is 17.2.